The minimum Gasteiger partial charge on any atom is -0.396 e. The molecule has 0 radical (unpaired) electrons. The summed E-state index contributed by atoms with van der Waals surface area (Å²) in [5.41, 5.74) is 15.6. The summed E-state index contributed by atoms with van der Waals surface area (Å²) < 4.78 is 21.5. The number of hydrogen-bond donors (Lipinski definition) is 2. The highest BCUT2D eigenvalue weighted by atomic mass is 31.1. The smallest absolute Gasteiger partial charge is 0.148 e. The van der Waals surface area contributed by atoms with Crippen LogP contribution in [-0.4, -0.2) is 42.5 Å². The van der Waals surface area contributed by atoms with Crippen molar-refractivity contribution in [2.75, 3.05) is 49.3 Å². The molecule has 1 unspecified atom stereocenters. The summed E-state index contributed by atoms with van der Waals surface area (Å²) in [6.07, 6.45) is 0. The van der Waals surface area contributed by atoms with Crippen LogP contribution in [0.1, 0.15) is 5.69 Å². The molecule has 6 nitrogen and oxygen atoms in total. The maximum Gasteiger partial charge on any atom is 0.148 e. The Balaban J connectivity index is 2.13. The van der Waals surface area contributed by atoms with Gasteiger partial charge in [-0.15, -0.1) is 0 Å². The molecule has 1 aromatic carbocycles. The Hall–Kier alpha value is -1.85. The molecule has 3 rings (SSSR count). The molecule has 23 heavy (non-hydrogen) atoms. The lowest BCUT2D eigenvalue weighted by Crippen LogP contribution is -2.36. The van der Waals surface area contributed by atoms with E-state index in [-0.39, 0.29) is 5.69 Å². The van der Waals surface area contributed by atoms with Gasteiger partial charge in [0.2, 0.25) is 0 Å². The van der Waals surface area contributed by atoms with Gasteiger partial charge in [0, 0.05) is 33.1 Å². The fraction of sp³-hybridized carbons (Fsp3) is 0.400. The first kappa shape index (κ1) is 16.0. The first-order chi connectivity index (χ1) is 11.0. The van der Waals surface area contributed by atoms with Crippen LogP contribution in [0.2, 0.25) is 0 Å². The van der Waals surface area contributed by atoms with Gasteiger partial charge in [-0.3, -0.25) is 0 Å². The molecule has 2 aromatic rings. The minimum absolute atomic E-state index is 0.105. The molecule has 1 aliphatic rings. The van der Waals surface area contributed by atoms with Gasteiger partial charge < -0.3 is 21.1 Å². The number of morpholine rings is 1. The van der Waals surface area contributed by atoms with E-state index in [1.165, 1.54) is 6.07 Å². The summed E-state index contributed by atoms with van der Waals surface area (Å²) in [4.78, 5) is 2.09. The molecule has 0 spiro atoms. The van der Waals surface area contributed by atoms with E-state index in [0.29, 0.717) is 38.9 Å². The van der Waals surface area contributed by atoms with E-state index in [4.69, 9.17) is 16.2 Å². The van der Waals surface area contributed by atoms with Gasteiger partial charge in [0.15, 0.2) is 0 Å². The molecule has 0 bridgehead atoms. The number of nitrogen functional groups attached to an aromatic ring is 2. The number of aryl methyl sites for hydroxylation is 1. The van der Waals surface area contributed by atoms with E-state index in [1.807, 2.05) is 19.7 Å². The predicted octanol–water partition coefficient (Wildman–Crippen LogP) is 2.07. The summed E-state index contributed by atoms with van der Waals surface area (Å²) in [6.45, 7) is 6.56. The quantitative estimate of drug-likeness (QED) is 0.662. The number of nitrogens with zero attached hydrogens (tertiary/aromatic N) is 3. The fourth-order valence-electron chi connectivity index (χ4n) is 2.76. The van der Waals surface area contributed by atoms with Crippen LogP contribution in [0.4, 0.5) is 21.5 Å². The third-order valence-corrected chi connectivity index (χ3v) is 4.81. The number of aromatic nitrogens is 2. The van der Waals surface area contributed by atoms with Crippen LogP contribution in [0, 0.1) is 12.7 Å². The fourth-order valence-corrected chi connectivity index (χ4v) is 3.48. The Bertz CT molecular complexity index is 727. The van der Waals surface area contributed by atoms with Crippen molar-refractivity contribution < 1.29 is 9.13 Å². The van der Waals surface area contributed by atoms with Crippen LogP contribution in [0.15, 0.2) is 12.1 Å². The standard InChI is InChI=1S/C15H21FN5OP/c1-9-13(17)15(21(19-9)23-2)11-7-10(8-12(16)14(11)18)20-3-5-22-6-4-20/h7-8,23H,3-6,17-18H2,1-2H3. The Morgan fingerprint density at radius 2 is 1.91 bits per heavy atom. The van der Waals surface area contributed by atoms with Crippen molar-refractivity contribution >= 4 is 25.8 Å². The van der Waals surface area contributed by atoms with Crippen LogP contribution in [0.3, 0.4) is 0 Å². The molecule has 4 N–H and O–H groups in total. The molecule has 1 aromatic heterocycles. The lowest BCUT2D eigenvalue weighted by atomic mass is 10.1. The Morgan fingerprint density at radius 3 is 2.57 bits per heavy atom. The second kappa shape index (κ2) is 6.34. The van der Waals surface area contributed by atoms with Gasteiger partial charge in [-0.05, 0) is 25.7 Å². The largest absolute Gasteiger partial charge is 0.396 e. The van der Waals surface area contributed by atoms with Crippen molar-refractivity contribution in [1.82, 2.24) is 9.55 Å². The maximum absolute atomic E-state index is 14.4. The molecule has 0 amide bonds. The van der Waals surface area contributed by atoms with Crippen LogP contribution in [0.25, 0.3) is 11.3 Å². The number of halogens is 1. The van der Waals surface area contributed by atoms with Crippen molar-refractivity contribution in [1.29, 1.82) is 0 Å². The molecule has 1 fully saturated rings. The molecule has 8 heteroatoms. The summed E-state index contributed by atoms with van der Waals surface area (Å²) in [5.74, 6) is -0.437. The molecule has 1 atom stereocenters. The number of nitrogens with two attached hydrogens (primary N) is 2. The number of anilines is 3. The second-order valence-corrected chi connectivity index (χ2v) is 6.34. The van der Waals surface area contributed by atoms with E-state index >= 15 is 0 Å². The molecule has 0 aliphatic carbocycles. The first-order valence-electron chi connectivity index (χ1n) is 7.48. The van der Waals surface area contributed by atoms with Crippen molar-refractivity contribution in [2.24, 2.45) is 0 Å². The zero-order chi connectivity index (χ0) is 16.6. The normalized spacial score (nSPS) is 15.7. The van der Waals surface area contributed by atoms with E-state index in [0.717, 1.165) is 24.5 Å². The molecule has 2 heterocycles. The van der Waals surface area contributed by atoms with E-state index in [2.05, 4.69) is 10.00 Å². The predicted molar refractivity (Wildman–Crippen MR) is 93.9 cm³/mol. The second-order valence-electron chi connectivity index (χ2n) is 5.47. The highest BCUT2D eigenvalue weighted by molar-refractivity contribution is 7.35. The van der Waals surface area contributed by atoms with E-state index < -0.39 is 5.82 Å². The molecule has 124 valence electrons. The first-order valence-corrected chi connectivity index (χ1v) is 8.92. The lowest BCUT2D eigenvalue weighted by molar-refractivity contribution is 0.122. The topological polar surface area (TPSA) is 82.3 Å². The van der Waals surface area contributed by atoms with Gasteiger partial charge in [0.25, 0.3) is 0 Å². The summed E-state index contributed by atoms with van der Waals surface area (Å²) in [6, 6.07) is 3.37. The number of hydrogen-bond acceptors (Lipinski definition) is 5. The van der Waals surface area contributed by atoms with Crippen molar-refractivity contribution in [2.45, 2.75) is 6.92 Å². The third-order valence-electron chi connectivity index (χ3n) is 4.06. The summed E-state index contributed by atoms with van der Waals surface area (Å²) >= 11 is 0. The minimum atomic E-state index is -0.437. The monoisotopic (exact) mass is 337 g/mol. The molecule has 0 saturated carbocycles. The third kappa shape index (κ3) is 2.86. The highest BCUT2D eigenvalue weighted by Gasteiger charge is 2.21. The van der Waals surface area contributed by atoms with Gasteiger partial charge in [0.05, 0.1) is 36.0 Å². The Morgan fingerprint density at radius 1 is 1.22 bits per heavy atom. The number of rotatable bonds is 3. The van der Waals surface area contributed by atoms with Gasteiger partial charge in [-0.2, -0.15) is 5.10 Å². The Labute approximate surface area is 136 Å². The van der Waals surface area contributed by atoms with Crippen LogP contribution < -0.4 is 16.4 Å². The van der Waals surface area contributed by atoms with Crippen LogP contribution in [-0.2, 0) is 4.74 Å². The van der Waals surface area contributed by atoms with Gasteiger partial charge >= 0.3 is 0 Å². The van der Waals surface area contributed by atoms with Crippen LogP contribution in [0.5, 0.6) is 0 Å². The number of benzene rings is 1. The molecule has 1 saturated heterocycles. The Kier molecular flexibility index (Phi) is 4.41. The summed E-state index contributed by atoms with van der Waals surface area (Å²) in [5, 5.41) is 4.41. The zero-order valence-electron chi connectivity index (χ0n) is 13.3. The lowest BCUT2D eigenvalue weighted by Gasteiger charge is -2.29. The SMILES string of the molecule is CPn1nc(C)c(N)c1-c1cc(N2CCOCC2)cc(F)c1N. The zero-order valence-corrected chi connectivity index (χ0v) is 14.3. The highest BCUT2D eigenvalue weighted by Crippen LogP contribution is 2.39. The van der Waals surface area contributed by atoms with E-state index in [1.54, 1.807) is 4.45 Å². The average Bonchev–Trinajstić information content (AvgIpc) is 2.85. The van der Waals surface area contributed by atoms with E-state index in [9.17, 15) is 4.39 Å². The molecular formula is C15H21FN5OP. The van der Waals surface area contributed by atoms with Gasteiger partial charge in [-0.1, -0.05) is 0 Å². The van der Waals surface area contributed by atoms with Crippen molar-refractivity contribution in [3.63, 3.8) is 0 Å². The molecular weight excluding hydrogens is 316 g/mol. The average molecular weight is 337 g/mol. The van der Waals surface area contributed by atoms with Crippen LogP contribution >= 0.6 is 8.73 Å². The number of ether oxygens (including phenoxy) is 1. The van der Waals surface area contributed by atoms with Crippen molar-refractivity contribution in [3.8, 4) is 11.3 Å². The van der Waals surface area contributed by atoms with Crippen molar-refractivity contribution in [3.05, 3.63) is 23.6 Å². The summed E-state index contributed by atoms with van der Waals surface area (Å²) in [7, 11) is 0.382. The van der Waals surface area contributed by atoms with Gasteiger partial charge in [0.1, 0.15) is 5.82 Å². The van der Waals surface area contributed by atoms with Gasteiger partial charge in [-0.25, -0.2) is 8.84 Å². The molecule has 1 aliphatic heterocycles. The maximum atomic E-state index is 14.4.